The van der Waals surface area contributed by atoms with Crippen LogP contribution in [0.3, 0.4) is 0 Å². The lowest BCUT2D eigenvalue weighted by Gasteiger charge is -2.33. The summed E-state index contributed by atoms with van der Waals surface area (Å²) in [5, 5.41) is 0. The second kappa shape index (κ2) is 8.30. The molecule has 0 saturated carbocycles. The summed E-state index contributed by atoms with van der Waals surface area (Å²) in [6.45, 7) is 5.84. The summed E-state index contributed by atoms with van der Waals surface area (Å²) in [4.78, 5) is 30.4. The van der Waals surface area contributed by atoms with Crippen molar-refractivity contribution in [2.75, 3.05) is 24.6 Å². The molecule has 2 aliphatic heterocycles. The number of benzene rings is 2. The normalized spacial score (nSPS) is 19.6. The molecule has 0 N–H and O–H groups in total. The average Bonchev–Trinajstić information content (AvgIpc) is 2.99. The summed E-state index contributed by atoms with van der Waals surface area (Å²) in [6, 6.07) is 12.8. The molecule has 5 nitrogen and oxygen atoms in total. The second-order valence-corrected chi connectivity index (χ2v) is 7.77. The van der Waals surface area contributed by atoms with E-state index in [9.17, 15) is 14.0 Å². The number of para-hydroxylation sites is 2. The van der Waals surface area contributed by atoms with Crippen molar-refractivity contribution in [3.63, 3.8) is 0 Å². The number of halogens is 1. The molecule has 2 heterocycles. The number of hydrogen-bond donors (Lipinski definition) is 0. The molecule has 0 bridgehead atoms. The van der Waals surface area contributed by atoms with E-state index in [0.717, 1.165) is 12.8 Å². The monoisotopic (exact) mass is 408 g/mol. The van der Waals surface area contributed by atoms with Gasteiger partial charge in [-0.2, -0.15) is 0 Å². The van der Waals surface area contributed by atoms with E-state index < -0.39 is 5.91 Å². The Morgan fingerprint density at radius 3 is 2.50 bits per heavy atom. The summed E-state index contributed by atoms with van der Waals surface area (Å²) in [7, 11) is 0. The molecule has 0 aliphatic carbocycles. The van der Waals surface area contributed by atoms with Crippen molar-refractivity contribution < 1.29 is 18.7 Å². The van der Waals surface area contributed by atoms with Crippen molar-refractivity contribution in [3.8, 4) is 5.75 Å². The van der Waals surface area contributed by atoms with E-state index in [4.69, 9.17) is 4.74 Å². The van der Waals surface area contributed by atoms with Crippen LogP contribution in [0.15, 0.2) is 54.2 Å². The zero-order chi connectivity index (χ0) is 21.3. The maximum Gasteiger partial charge on any atom is 0.282 e. The van der Waals surface area contributed by atoms with Crippen LogP contribution in [0.25, 0.3) is 5.57 Å². The van der Waals surface area contributed by atoms with E-state index in [1.807, 2.05) is 11.8 Å². The number of ether oxygens (including phenoxy) is 1. The van der Waals surface area contributed by atoms with Gasteiger partial charge in [-0.25, -0.2) is 9.29 Å². The molecule has 6 heteroatoms. The molecule has 2 aliphatic rings. The van der Waals surface area contributed by atoms with Crippen LogP contribution in [0, 0.1) is 11.7 Å². The van der Waals surface area contributed by atoms with Crippen molar-refractivity contribution in [1.82, 2.24) is 4.90 Å². The fourth-order valence-corrected chi connectivity index (χ4v) is 4.22. The molecule has 0 aromatic heterocycles. The first-order valence-corrected chi connectivity index (χ1v) is 10.4. The van der Waals surface area contributed by atoms with Gasteiger partial charge < -0.3 is 9.64 Å². The number of rotatable bonds is 5. The highest BCUT2D eigenvalue weighted by atomic mass is 19.1. The topological polar surface area (TPSA) is 49.9 Å². The van der Waals surface area contributed by atoms with Crippen LogP contribution in [-0.2, 0) is 9.59 Å². The van der Waals surface area contributed by atoms with Crippen LogP contribution in [-0.4, -0.2) is 36.4 Å². The molecule has 1 atom stereocenters. The lowest BCUT2D eigenvalue weighted by atomic mass is 9.98. The van der Waals surface area contributed by atoms with Gasteiger partial charge in [0.1, 0.15) is 17.3 Å². The van der Waals surface area contributed by atoms with E-state index in [2.05, 4.69) is 6.92 Å². The SMILES string of the molecule is CCOc1ccccc1N1C(=O)C(c2ccc(F)cc2)=C(N2CCCC(C)C2)C1=O. The van der Waals surface area contributed by atoms with E-state index in [0.29, 0.717) is 53.9 Å². The molecule has 0 spiro atoms. The average molecular weight is 408 g/mol. The third kappa shape index (κ3) is 3.58. The number of anilines is 1. The van der Waals surface area contributed by atoms with Crippen molar-refractivity contribution in [3.05, 3.63) is 65.6 Å². The zero-order valence-electron chi connectivity index (χ0n) is 17.2. The first-order chi connectivity index (χ1) is 14.5. The molecule has 156 valence electrons. The maximum atomic E-state index is 13.6. The Hall–Kier alpha value is -3.15. The first-order valence-electron chi connectivity index (χ1n) is 10.4. The molecule has 4 rings (SSSR count). The van der Waals surface area contributed by atoms with Gasteiger partial charge in [0.25, 0.3) is 11.8 Å². The number of imide groups is 1. The molecular formula is C24H25FN2O3. The Balaban J connectivity index is 1.83. The predicted octanol–water partition coefficient (Wildman–Crippen LogP) is 4.24. The summed E-state index contributed by atoms with van der Waals surface area (Å²) in [6.07, 6.45) is 2.05. The number of carbonyl (C=O) groups is 2. The van der Waals surface area contributed by atoms with E-state index in [1.165, 1.54) is 17.0 Å². The molecule has 1 saturated heterocycles. The summed E-state index contributed by atoms with van der Waals surface area (Å²) >= 11 is 0. The third-order valence-electron chi connectivity index (χ3n) is 5.57. The summed E-state index contributed by atoms with van der Waals surface area (Å²) < 4.78 is 19.2. The fourth-order valence-electron chi connectivity index (χ4n) is 4.22. The van der Waals surface area contributed by atoms with Gasteiger partial charge in [0.05, 0.1) is 17.9 Å². The van der Waals surface area contributed by atoms with Gasteiger partial charge in [-0.05, 0) is 55.5 Å². The Bertz CT molecular complexity index is 1000. The van der Waals surface area contributed by atoms with Gasteiger partial charge in [-0.1, -0.05) is 31.2 Å². The van der Waals surface area contributed by atoms with Crippen LogP contribution in [0.4, 0.5) is 10.1 Å². The second-order valence-electron chi connectivity index (χ2n) is 7.77. The van der Waals surface area contributed by atoms with Crippen molar-refractivity contribution >= 4 is 23.1 Å². The zero-order valence-corrected chi connectivity index (χ0v) is 17.2. The van der Waals surface area contributed by atoms with E-state index >= 15 is 0 Å². The maximum absolute atomic E-state index is 13.6. The Morgan fingerprint density at radius 1 is 1.07 bits per heavy atom. The number of likely N-dealkylation sites (tertiary alicyclic amines) is 1. The minimum Gasteiger partial charge on any atom is -0.492 e. The van der Waals surface area contributed by atoms with Gasteiger partial charge >= 0.3 is 0 Å². The van der Waals surface area contributed by atoms with Crippen LogP contribution in [0.2, 0.25) is 0 Å². The quantitative estimate of drug-likeness (QED) is 0.695. The van der Waals surface area contributed by atoms with Crippen LogP contribution < -0.4 is 9.64 Å². The van der Waals surface area contributed by atoms with Crippen LogP contribution in [0.1, 0.15) is 32.3 Å². The highest BCUT2D eigenvalue weighted by Gasteiger charge is 2.44. The molecule has 2 aromatic rings. The molecular weight excluding hydrogens is 383 g/mol. The standard InChI is InChI=1S/C24H25FN2O3/c1-3-30-20-9-5-4-8-19(20)27-23(28)21(17-10-12-18(25)13-11-17)22(24(27)29)26-14-6-7-16(2)15-26/h4-5,8-13,16H,3,6-7,14-15H2,1-2H3. The largest absolute Gasteiger partial charge is 0.492 e. The Morgan fingerprint density at radius 2 is 1.80 bits per heavy atom. The molecule has 1 unspecified atom stereocenters. The van der Waals surface area contributed by atoms with Crippen LogP contribution >= 0.6 is 0 Å². The Kier molecular flexibility index (Phi) is 5.57. The van der Waals surface area contributed by atoms with Crippen molar-refractivity contribution in [1.29, 1.82) is 0 Å². The minimum atomic E-state index is -0.410. The minimum absolute atomic E-state index is 0.320. The van der Waals surface area contributed by atoms with Gasteiger partial charge in [0, 0.05) is 13.1 Å². The molecule has 30 heavy (non-hydrogen) atoms. The number of amides is 2. The van der Waals surface area contributed by atoms with E-state index in [-0.39, 0.29) is 11.7 Å². The summed E-state index contributed by atoms with van der Waals surface area (Å²) in [5.41, 5.74) is 1.68. The van der Waals surface area contributed by atoms with Gasteiger partial charge in [0.2, 0.25) is 0 Å². The lowest BCUT2D eigenvalue weighted by Crippen LogP contribution is -2.39. The predicted molar refractivity (Wildman–Crippen MR) is 113 cm³/mol. The van der Waals surface area contributed by atoms with Crippen molar-refractivity contribution in [2.24, 2.45) is 5.92 Å². The fraction of sp³-hybridized carbons (Fsp3) is 0.333. The van der Waals surface area contributed by atoms with Crippen LogP contribution in [0.5, 0.6) is 5.75 Å². The number of nitrogens with zero attached hydrogens (tertiary/aromatic N) is 2. The smallest absolute Gasteiger partial charge is 0.282 e. The van der Waals surface area contributed by atoms with Crippen molar-refractivity contribution in [2.45, 2.75) is 26.7 Å². The summed E-state index contributed by atoms with van der Waals surface area (Å²) in [5.74, 6) is -0.253. The molecule has 1 fully saturated rings. The number of carbonyl (C=O) groups excluding carboxylic acids is 2. The molecule has 0 radical (unpaired) electrons. The first kappa shape index (κ1) is 20.1. The van der Waals surface area contributed by atoms with Gasteiger partial charge in [-0.3, -0.25) is 9.59 Å². The molecule has 2 amide bonds. The highest BCUT2D eigenvalue weighted by molar-refractivity contribution is 6.45. The number of hydrogen-bond acceptors (Lipinski definition) is 4. The van der Waals surface area contributed by atoms with Gasteiger partial charge in [-0.15, -0.1) is 0 Å². The van der Waals surface area contributed by atoms with E-state index in [1.54, 1.807) is 36.4 Å². The van der Waals surface area contributed by atoms with Gasteiger partial charge in [0.15, 0.2) is 0 Å². The molecule has 2 aromatic carbocycles. The Labute approximate surface area is 175 Å². The number of piperidine rings is 1. The highest BCUT2D eigenvalue weighted by Crippen LogP contribution is 2.39. The third-order valence-corrected chi connectivity index (χ3v) is 5.57. The lowest BCUT2D eigenvalue weighted by molar-refractivity contribution is -0.120.